The Hall–Kier alpha value is -8.65. The van der Waals surface area contributed by atoms with Crippen LogP contribution in [0.15, 0.2) is 78.9 Å². The summed E-state index contributed by atoms with van der Waals surface area (Å²) in [5.74, 6) is -10.5. The molecule has 90 heavy (non-hydrogen) atoms. The third-order valence-corrected chi connectivity index (χ3v) is 14.5. The van der Waals surface area contributed by atoms with Crippen LogP contribution >= 0.6 is 0 Å². The lowest BCUT2D eigenvalue weighted by Crippen LogP contribution is -2.63. The molecule has 4 rings (SSSR count). The minimum atomic E-state index is -1.80. The van der Waals surface area contributed by atoms with Gasteiger partial charge >= 0.3 is 0 Å². The van der Waals surface area contributed by atoms with Gasteiger partial charge in [-0.2, -0.15) is 0 Å². The molecule has 1 fully saturated rings. The van der Waals surface area contributed by atoms with Crippen LogP contribution in [-0.4, -0.2) is 194 Å². The molecule has 1 aliphatic rings. The maximum atomic E-state index is 14.5. The molecule has 0 spiro atoms. The van der Waals surface area contributed by atoms with Gasteiger partial charge in [-0.15, -0.1) is 0 Å². The second kappa shape index (κ2) is 37.4. The predicted octanol–water partition coefficient (Wildman–Crippen LogP) is -5.25. The molecule has 0 aromatic heterocycles. The zero-order valence-electron chi connectivity index (χ0n) is 51.4. The number of nitrogens with one attached hydrogen (secondary N) is 11. The molecule has 3 aromatic rings. The number of hydrogen-bond donors (Lipinski definition) is 18. The summed E-state index contributed by atoms with van der Waals surface area (Å²) in [6.45, 7) is 4.16. The number of carbonyl (C=O) groups is 11. The summed E-state index contributed by atoms with van der Waals surface area (Å²) >= 11 is 0. The van der Waals surface area contributed by atoms with E-state index >= 15 is 0 Å². The zero-order chi connectivity index (χ0) is 66.6. The van der Waals surface area contributed by atoms with Gasteiger partial charge in [0.15, 0.2) is 0 Å². The first-order valence-corrected chi connectivity index (χ1v) is 29.9. The fourth-order valence-electron chi connectivity index (χ4n) is 9.60. The fourth-order valence-corrected chi connectivity index (χ4v) is 9.60. The van der Waals surface area contributed by atoms with Crippen molar-refractivity contribution < 1.29 is 67.7 Å². The smallest absolute Gasteiger partial charge is 0.255 e. The molecule has 0 aliphatic carbocycles. The van der Waals surface area contributed by atoms with Gasteiger partial charge in [0.1, 0.15) is 66.2 Å². The van der Waals surface area contributed by atoms with Gasteiger partial charge in [-0.25, -0.2) is 0 Å². The second-order valence-electron chi connectivity index (χ2n) is 22.1. The highest BCUT2D eigenvalue weighted by atomic mass is 16.5. The van der Waals surface area contributed by atoms with Crippen LogP contribution in [-0.2, 0) is 54.4 Å². The number of benzene rings is 3. The van der Waals surface area contributed by atoms with Gasteiger partial charge in [0.2, 0.25) is 59.1 Å². The highest BCUT2D eigenvalue weighted by Gasteiger charge is 2.38. The Balaban J connectivity index is 1.69. The van der Waals surface area contributed by atoms with E-state index in [4.69, 9.17) is 33.4 Å². The number of aliphatic hydroxyl groups excluding tert-OH is 2. The van der Waals surface area contributed by atoms with Crippen molar-refractivity contribution in [3.05, 3.63) is 90.0 Å². The Kier molecular flexibility index (Phi) is 30.7. The zero-order valence-corrected chi connectivity index (χ0v) is 51.4. The van der Waals surface area contributed by atoms with Gasteiger partial charge in [-0.1, -0.05) is 80.6 Å². The third kappa shape index (κ3) is 22.7. The molecular formula is C60H90N16O14. The first-order valence-electron chi connectivity index (χ1n) is 29.9. The van der Waals surface area contributed by atoms with Crippen LogP contribution in [0.5, 0.6) is 5.75 Å². The number of hydrogen-bond acceptors (Lipinski definition) is 19. The number of nitrogens with two attached hydrogens (primary N) is 5. The summed E-state index contributed by atoms with van der Waals surface area (Å²) in [4.78, 5) is 155. The fraction of sp³-hybridized carbons (Fsp3) is 0.517. The molecule has 12 atom stereocenters. The number of methoxy groups -OCH3 is 1. The molecule has 1 saturated heterocycles. The summed E-state index contributed by atoms with van der Waals surface area (Å²) in [5.41, 5.74) is 31.7. The van der Waals surface area contributed by atoms with Gasteiger partial charge in [0.05, 0.1) is 24.9 Å². The predicted molar refractivity (Wildman–Crippen MR) is 331 cm³/mol. The lowest BCUT2D eigenvalue weighted by atomic mass is 10.00. The SMILES string of the molecule is COc1ccc(-c2ccccc2)cc1C(=O)N[C@@H](CCN)C(=O)N[C@H](C(=O)N[C@@H](CN)C(=O)N[C@H]1CCNC(=O)[C@H]([C@@H](C)O)NC(=O)[C@H](CCN)NC(=O)[C@H](CCN)NC(=O)[C@H](CC(C)C)NC(=O)[C@@H](Cc2ccccc2)NC(=O)[C@H](CCN)NC1=O)[C@@H](C)O. The first-order chi connectivity index (χ1) is 42.9. The van der Waals surface area contributed by atoms with Crippen LogP contribution in [0.25, 0.3) is 11.1 Å². The normalized spacial score (nSPS) is 21.8. The van der Waals surface area contributed by atoms with E-state index in [1.807, 2.05) is 30.3 Å². The standard InChI is InChI=1S/C60H90N16O14/c1-32(2)28-44-56(85)70-39(18-23-61)51(80)69-42(21-26-64)55(84)75-48(33(3)77)59(88)66-27-22-43(53(82)68-40(19-24-62)52(81)73-45(57(86)72-44)29-35-12-8-6-9-13-35)71-58(87)46(31-65)74-60(89)49(34(4)78)76-54(83)41(20-25-63)67-50(79)38-30-37(16-17-47(38)90-5)36-14-10-7-11-15-36/h6-17,30,32-34,39-46,48-49,77-78H,18-29,31,61-65H2,1-5H3,(H,66,88)(H,67,79)(H,68,82)(H,69,80)(H,70,85)(H,71,87)(H,72,86)(H,73,81)(H,74,89)(H,75,84)(H,76,83)/t33-,34-,39+,40+,41+,42+,43+,44+,45-,46+,48+,49+/m1/s1. The Labute approximate surface area is 522 Å². The summed E-state index contributed by atoms with van der Waals surface area (Å²) in [6.07, 6.45) is -4.54. The van der Waals surface area contributed by atoms with E-state index in [0.29, 0.717) is 11.1 Å². The molecule has 3 aromatic carbocycles. The van der Waals surface area contributed by atoms with E-state index < -0.39 is 157 Å². The van der Waals surface area contributed by atoms with Crippen molar-refractivity contribution in [2.24, 2.45) is 34.6 Å². The van der Waals surface area contributed by atoms with Gasteiger partial charge in [0, 0.05) is 19.5 Å². The van der Waals surface area contributed by atoms with Crippen molar-refractivity contribution in [3.63, 3.8) is 0 Å². The molecule has 30 nitrogen and oxygen atoms in total. The molecule has 0 saturated carbocycles. The number of rotatable bonds is 25. The molecule has 23 N–H and O–H groups in total. The van der Waals surface area contributed by atoms with Crippen molar-refractivity contribution in [1.29, 1.82) is 0 Å². The lowest BCUT2D eigenvalue weighted by molar-refractivity contribution is -0.136. The van der Waals surface area contributed by atoms with E-state index in [0.717, 1.165) is 5.56 Å². The van der Waals surface area contributed by atoms with Gasteiger partial charge in [-0.3, -0.25) is 52.7 Å². The average Bonchev–Trinajstić information content (AvgIpc) is 0.959. The number of ether oxygens (including phenoxy) is 1. The molecule has 0 bridgehead atoms. The van der Waals surface area contributed by atoms with E-state index in [-0.39, 0.29) is 81.9 Å². The van der Waals surface area contributed by atoms with Crippen LogP contribution in [0, 0.1) is 5.92 Å². The molecule has 0 unspecified atom stereocenters. The van der Waals surface area contributed by atoms with E-state index in [9.17, 15) is 63.0 Å². The van der Waals surface area contributed by atoms with Gasteiger partial charge in [0.25, 0.3) is 5.91 Å². The Morgan fingerprint density at radius 2 is 1.09 bits per heavy atom. The van der Waals surface area contributed by atoms with Crippen molar-refractivity contribution in [2.75, 3.05) is 46.4 Å². The Bertz CT molecular complexity index is 2900. The van der Waals surface area contributed by atoms with Crippen molar-refractivity contribution in [2.45, 2.75) is 145 Å². The first kappa shape index (κ1) is 73.8. The summed E-state index contributed by atoms with van der Waals surface area (Å²) in [6, 6.07) is 7.19. The maximum Gasteiger partial charge on any atom is 0.255 e. The average molecular weight is 1260 g/mol. The van der Waals surface area contributed by atoms with Gasteiger partial charge < -0.3 is 102 Å². The number of carbonyl (C=O) groups excluding carboxylic acids is 11. The van der Waals surface area contributed by atoms with Crippen LogP contribution in [0.2, 0.25) is 0 Å². The monoisotopic (exact) mass is 1260 g/mol. The minimum Gasteiger partial charge on any atom is -0.496 e. The number of amides is 11. The largest absolute Gasteiger partial charge is 0.496 e. The van der Waals surface area contributed by atoms with Crippen LogP contribution < -0.4 is 91.9 Å². The quantitative estimate of drug-likeness (QED) is 0.0377. The van der Waals surface area contributed by atoms with Crippen LogP contribution in [0.1, 0.15) is 82.1 Å². The molecule has 1 heterocycles. The van der Waals surface area contributed by atoms with Crippen LogP contribution in [0.4, 0.5) is 0 Å². The second-order valence-corrected chi connectivity index (χ2v) is 22.1. The highest BCUT2D eigenvalue weighted by Crippen LogP contribution is 2.27. The minimum absolute atomic E-state index is 0.0344. The highest BCUT2D eigenvalue weighted by molar-refractivity contribution is 6.02. The molecular weight excluding hydrogens is 1170 g/mol. The Morgan fingerprint density at radius 1 is 0.567 bits per heavy atom. The summed E-state index contributed by atoms with van der Waals surface area (Å²) in [7, 11) is 1.36. The molecule has 494 valence electrons. The van der Waals surface area contributed by atoms with Crippen LogP contribution in [0.3, 0.4) is 0 Å². The lowest BCUT2D eigenvalue weighted by Gasteiger charge is -2.28. The summed E-state index contributed by atoms with van der Waals surface area (Å²) < 4.78 is 5.44. The summed E-state index contributed by atoms with van der Waals surface area (Å²) in [5, 5.41) is 49.5. The van der Waals surface area contributed by atoms with E-state index in [2.05, 4.69) is 58.5 Å². The molecule has 30 heteroatoms. The van der Waals surface area contributed by atoms with Crippen molar-refractivity contribution >= 4 is 65.0 Å². The number of aliphatic hydroxyl groups is 2. The third-order valence-electron chi connectivity index (χ3n) is 14.5. The molecule has 11 amide bonds. The van der Waals surface area contributed by atoms with Crippen molar-refractivity contribution in [1.82, 2.24) is 58.5 Å². The molecule has 1 aliphatic heterocycles. The molecule has 0 radical (unpaired) electrons. The maximum absolute atomic E-state index is 14.5. The topological polar surface area (TPSA) is 500 Å². The van der Waals surface area contributed by atoms with Crippen molar-refractivity contribution in [3.8, 4) is 16.9 Å². The Morgan fingerprint density at radius 3 is 1.61 bits per heavy atom. The van der Waals surface area contributed by atoms with E-state index in [1.165, 1.54) is 21.0 Å². The van der Waals surface area contributed by atoms with E-state index in [1.54, 1.807) is 62.4 Å². The van der Waals surface area contributed by atoms with Gasteiger partial charge in [-0.05, 0) is 113 Å².